The third-order valence-electron chi connectivity index (χ3n) is 9.16. The van der Waals surface area contributed by atoms with Crippen molar-refractivity contribution in [2.45, 2.75) is 53.4 Å². The number of aliphatic hydroxyl groups excluding tert-OH is 1. The number of hydrogen-bond acceptors (Lipinski definition) is 7. The van der Waals surface area contributed by atoms with E-state index in [9.17, 15) is 9.90 Å². The van der Waals surface area contributed by atoms with Crippen molar-refractivity contribution in [3.8, 4) is 0 Å². The Bertz CT molecular complexity index is 1730. The second kappa shape index (κ2) is 10.4. The van der Waals surface area contributed by atoms with Crippen molar-refractivity contribution >= 4 is 23.1 Å². The molecule has 0 saturated carbocycles. The smallest absolute Gasteiger partial charge is 0.305 e. The third kappa shape index (κ3) is 4.18. The van der Waals surface area contributed by atoms with Crippen molar-refractivity contribution in [1.29, 1.82) is 0 Å². The molecule has 214 valence electrons. The molecule has 42 heavy (non-hydrogen) atoms. The van der Waals surface area contributed by atoms with Crippen molar-refractivity contribution in [3.05, 3.63) is 117 Å². The van der Waals surface area contributed by atoms with Crippen LogP contribution in [-0.4, -0.2) is 35.3 Å². The molecule has 2 N–H and O–H groups in total. The molecular formula is C35H36N4O3. The number of methoxy groups -OCH3 is 1. The number of rotatable bonds is 6. The average Bonchev–Trinajstić information content (AvgIpc) is 3.73. The van der Waals surface area contributed by atoms with Crippen LogP contribution in [-0.2, 0) is 9.53 Å². The third-order valence-corrected chi connectivity index (χ3v) is 9.16. The highest BCUT2D eigenvalue weighted by Crippen LogP contribution is 2.46. The molecule has 0 radical (unpaired) electrons. The second-order valence-corrected chi connectivity index (χ2v) is 11.3. The Morgan fingerprint density at radius 1 is 1.07 bits per heavy atom. The molecule has 6 rings (SSSR count). The van der Waals surface area contributed by atoms with Gasteiger partial charge in [-0.1, -0.05) is 39.2 Å². The van der Waals surface area contributed by atoms with E-state index in [2.05, 4.69) is 45.3 Å². The summed E-state index contributed by atoms with van der Waals surface area (Å²) in [5.41, 5.74) is 13.7. The summed E-state index contributed by atoms with van der Waals surface area (Å²) in [4.78, 5) is 27.4. The quantitative estimate of drug-likeness (QED) is 0.343. The number of fused-ring (bicyclic) bond motifs is 5. The standard InChI is InChI=1S/C35H36N4O3/c1-8-20-17(4)25-14-26-18(5)23(11-12-32(41)42-7)34(38-26)24-13-31(40)33-19(6)27(39-35(24)33)15-29-21(9-2)22(10-3)30(37-29)16-28(20)36-25/h8,10,14-16,18,23,38,40H,1,3,9,11-13H2,2,4-7H3/t18-,23-/m0/s1. The van der Waals surface area contributed by atoms with Crippen molar-refractivity contribution < 1.29 is 14.6 Å². The van der Waals surface area contributed by atoms with E-state index in [1.165, 1.54) is 7.11 Å². The van der Waals surface area contributed by atoms with Crippen LogP contribution in [0.15, 0.2) is 132 Å². The summed E-state index contributed by atoms with van der Waals surface area (Å²) in [6.45, 7) is 16.5. The van der Waals surface area contributed by atoms with Gasteiger partial charge in [-0.2, -0.15) is 0 Å². The number of aliphatic hydroxyl groups is 1. The Morgan fingerprint density at radius 3 is 2.50 bits per heavy atom. The van der Waals surface area contributed by atoms with E-state index < -0.39 is 0 Å². The van der Waals surface area contributed by atoms with Crippen LogP contribution in [0.3, 0.4) is 0 Å². The van der Waals surface area contributed by atoms with Gasteiger partial charge in [-0.3, -0.25) is 4.79 Å². The van der Waals surface area contributed by atoms with E-state index in [-0.39, 0.29) is 17.8 Å². The zero-order valence-electron chi connectivity index (χ0n) is 24.9. The summed E-state index contributed by atoms with van der Waals surface area (Å²) in [5.74, 6) is 0.178. The summed E-state index contributed by atoms with van der Waals surface area (Å²) in [5, 5.41) is 14.9. The first-order chi connectivity index (χ1) is 20.2. The molecule has 1 fully saturated rings. The lowest BCUT2D eigenvalue weighted by Crippen LogP contribution is -2.16. The minimum Gasteiger partial charge on any atom is -0.511 e. The Morgan fingerprint density at radius 2 is 1.81 bits per heavy atom. The molecule has 1 saturated heterocycles. The van der Waals surface area contributed by atoms with Crippen LogP contribution in [0, 0.1) is 11.8 Å². The zero-order valence-corrected chi connectivity index (χ0v) is 24.9. The molecule has 0 amide bonds. The average molecular weight is 561 g/mol. The maximum Gasteiger partial charge on any atom is 0.305 e. The van der Waals surface area contributed by atoms with Crippen molar-refractivity contribution in [2.75, 3.05) is 7.11 Å². The van der Waals surface area contributed by atoms with Gasteiger partial charge in [-0.05, 0) is 61.6 Å². The van der Waals surface area contributed by atoms with E-state index in [1.807, 2.05) is 31.2 Å². The van der Waals surface area contributed by atoms with Crippen molar-refractivity contribution in [1.82, 2.24) is 5.32 Å². The van der Waals surface area contributed by atoms with Gasteiger partial charge in [0.15, 0.2) is 0 Å². The van der Waals surface area contributed by atoms with Gasteiger partial charge in [0.05, 0.1) is 41.3 Å². The van der Waals surface area contributed by atoms with E-state index in [4.69, 9.17) is 19.7 Å². The number of carbonyl (C=O) groups excluding carboxylic acids is 1. The molecule has 2 atom stereocenters. The first-order valence-corrected chi connectivity index (χ1v) is 14.5. The monoisotopic (exact) mass is 560 g/mol. The fourth-order valence-corrected chi connectivity index (χ4v) is 6.80. The van der Waals surface area contributed by atoms with E-state index in [1.54, 1.807) is 0 Å². The molecule has 6 aliphatic rings. The molecule has 5 heterocycles. The van der Waals surface area contributed by atoms with Crippen molar-refractivity contribution in [3.63, 3.8) is 0 Å². The van der Waals surface area contributed by atoms with Crippen molar-refractivity contribution in [2.24, 2.45) is 26.8 Å². The van der Waals surface area contributed by atoms with Gasteiger partial charge in [-0.25, -0.2) is 15.0 Å². The molecule has 0 aromatic heterocycles. The number of nitrogens with one attached hydrogen (secondary N) is 1. The molecule has 5 aliphatic heterocycles. The van der Waals surface area contributed by atoms with Gasteiger partial charge >= 0.3 is 5.97 Å². The topological polar surface area (TPSA) is 95.6 Å². The lowest BCUT2D eigenvalue weighted by atomic mass is 9.86. The summed E-state index contributed by atoms with van der Waals surface area (Å²) in [6.07, 6.45) is 11.9. The lowest BCUT2D eigenvalue weighted by molar-refractivity contribution is -0.140. The Balaban J connectivity index is 1.61. The minimum atomic E-state index is -0.237. The predicted octanol–water partition coefficient (Wildman–Crippen LogP) is 6.96. The largest absolute Gasteiger partial charge is 0.511 e. The molecule has 7 heteroatoms. The van der Waals surface area contributed by atoms with E-state index in [0.717, 1.165) is 91.1 Å². The number of nitrogens with zero attached hydrogens (tertiary/aromatic N) is 3. The molecule has 0 unspecified atom stereocenters. The molecule has 0 aromatic carbocycles. The highest BCUT2D eigenvalue weighted by Gasteiger charge is 2.41. The number of allylic oxidation sites excluding steroid dienone is 13. The maximum absolute atomic E-state index is 12.2. The lowest BCUT2D eigenvalue weighted by Gasteiger charge is -2.17. The molecular weight excluding hydrogens is 524 g/mol. The minimum absolute atomic E-state index is 0.0186. The fourth-order valence-electron chi connectivity index (χ4n) is 6.80. The number of hydrogen-bond donors (Lipinski definition) is 2. The maximum atomic E-state index is 12.2. The predicted molar refractivity (Wildman–Crippen MR) is 168 cm³/mol. The van der Waals surface area contributed by atoms with Crippen LogP contribution in [0.25, 0.3) is 0 Å². The normalized spacial score (nSPS) is 24.5. The first-order valence-electron chi connectivity index (χ1n) is 14.5. The second-order valence-electron chi connectivity index (χ2n) is 11.3. The van der Waals surface area contributed by atoms with Gasteiger partial charge < -0.3 is 15.2 Å². The molecule has 8 bridgehead atoms. The molecule has 0 aromatic rings. The highest BCUT2D eigenvalue weighted by molar-refractivity contribution is 6.21. The van der Waals surface area contributed by atoms with E-state index >= 15 is 0 Å². The zero-order chi connectivity index (χ0) is 29.9. The molecule has 1 aliphatic carbocycles. The summed E-state index contributed by atoms with van der Waals surface area (Å²) in [6, 6.07) is 0. The van der Waals surface area contributed by atoms with Gasteiger partial charge in [0.25, 0.3) is 0 Å². The SMILES string of the molecule is C=CC1=C(C)C2=NC1=CC1=NC(=CC3=C(C)C4=C(O)CC(=C5NC(=C2)[C@@H](C)[C@@H]5CCC(=O)OC)C4=N3)C(CC)=C1C=C. The van der Waals surface area contributed by atoms with Crippen LogP contribution < -0.4 is 5.32 Å². The number of aliphatic imine (C=N–C) groups is 3. The van der Waals surface area contributed by atoms with Gasteiger partial charge in [0.1, 0.15) is 5.76 Å². The number of ether oxygens (including phenoxy) is 1. The Hall–Kier alpha value is -4.52. The highest BCUT2D eigenvalue weighted by atomic mass is 16.5. The van der Waals surface area contributed by atoms with Gasteiger partial charge in [0.2, 0.25) is 0 Å². The van der Waals surface area contributed by atoms with Crippen LogP contribution >= 0.6 is 0 Å². The molecule has 7 nitrogen and oxygen atoms in total. The molecule has 0 spiro atoms. The summed E-state index contributed by atoms with van der Waals surface area (Å²) in [7, 11) is 1.42. The van der Waals surface area contributed by atoms with Gasteiger partial charge in [0, 0.05) is 58.4 Å². The Kier molecular flexibility index (Phi) is 6.84. The van der Waals surface area contributed by atoms with Crippen LogP contribution in [0.2, 0.25) is 0 Å². The van der Waals surface area contributed by atoms with Gasteiger partial charge in [-0.15, -0.1) is 0 Å². The summed E-state index contributed by atoms with van der Waals surface area (Å²) < 4.78 is 4.97. The van der Waals surface area contributed by atoms with Crippen LogP contribution in [0.4, 0.5) is 0 Å². The Labute approximate surface area is 247 Å². The fraction of sp³-hybridized carbons (Fsp3) is 0.314. The number of esters is 1. The van der Waals surface area contributed by atoms with E-state index in [0.29, 0.717) is 25.0 Å². The van der Waals surface area contributed by atoms with Crippen LogP contribution in [0.1, 0.15) is 53.4 Å². The first kappa shape index (κ1) is 27.6. The van der Waals surface area contributed by atoms with Crippen LogP contribution in [0.5, 0.6) is 0 Å². The number of carbonyl (C=O) groups is 1. The summed E-state index contributed by atoms with van der Waals surface area (Å²) >= 11 is 0.